The van der Waals surface area contributed by atoms with Gasteiger partial charge in [-0.05, 0) is 54.4 Å². The first kappa shape index (κ1) is 23.9. The van der Waals surface area contributed by atoms with Crippen molar-refractivity contribution >= 4 is 23.5 Å². The molecule has 0 atom stereocenters. The van der Waals surface area contributed by atoms with Gasteiger partial charge in [0, 0.05) is 18.2 Å². The molecule has 1 amide bonds. The molecule has 3 aromatic rings. The van der Waals surface area contributed by atoms with E-state index in [1.807, 2.05) is 6.92 Å². The molecule has 0 saturated carbocycles. The van der Waals surface area contributed by atoms with Crippen molar-refractivity contribution in [1.29, 1.82) is 0 Å². The Labute approximate surface area is 193 Å². The summed E-state index contributed by atoms with van der Waals surface area (Å²) in [6.07, 6.45) is 1.37. The molecule has 11 heteroatoms. The Kier molecular flexibility index (Phi) is 7.84. The van der Waals surface area contributed by atoms with Gasteiger partial charge in [-0.15, -0.1) is 0 Å². The normalized spacial score (nSPS) is 10.6. The second-order valence-electron chi connectivity index (χ2n) is 6.82. The summed E-state index contributed by atoms with van der Waals surface area (Å²) in [4.78, 5) is 33.0. The quantitative estimate of drug-likeness (QED) is 0.268. The predicted octanol–water partition coefficient (Wildman–Crippen LogP) is 4.24. The van der Waals surface area contributed by atoms with Gasteiger partial charge in [-0.1, -0.05) is 12.1 Å². The van der Waals surface area contributed by atoms with E-state index in [9.17, 15) is 25.0 Å². The molecule has 0 unspecified atom stereocenters. The van der Waals surface area contributed by atoms with Crippen LogP contribution >= 0.6 is 0 Å². The highest BCUT2D eigenvalue weighted by Gasteiger charge is 2.18. The van der Waals surface area contributed by atoms with Gasteiger partial charge in [0.2, 0.25) is 0 Å². The first-order valence-electron chi connectivity index (χ1n) is 10.1. The third-order valence-corrected chi connectivity index (χ3v) is 4.53. The summed E-state index contributed by atoms with van der Waals surface area (Å²) >= 11 is 0. The Morgan fingerprint density at radius 2 is 1.71 bits per heavy atom. The van der Waals surface area contributed by atoms with Crippen LogP contribution in [0, 0.1) is 20.2 Å². The molecule has 3 aromatic carbocycles. The van der Waals surface area contributed by atoms with Crippen molar-refractivity contribution in [2.45, 2.75) is 13.5 Å². The van der Waals surface area contributed by atoms with Crippen LogP contribution in [0.4, 0.5) is 11.4 Å². The summed E-state index contributed by atoms with van der Waals surface area (Å²) in [6.45, 7) is 2.37. The number of rotatable bonds is 10. The Morgan fingerprint density at radius 1 is 0.971 bits per heavy atom. The van der Waals surface area contributed by atoms with E-state index >= 15 is 0 Å². The van der Waals surface area contributed by atoms with E-state index in [0.29, 0.717) is 23.7 Å². The van der Waals surface area contributed by atoms with Crippen molar-refractivity contribution in [2.75, 3.05) is 6.61 Å². The smallest absolute Gasteiger partial charge is 0.282 e. The van der Waals surface area contributed by atoms with Crippen LogP contribution in [0.1, 0.15) is 28.4 Å². The van der Waals surface area contributed by atoms with Gasteiger partial charge < -0.3 is 9.47 Å². The van der Waals surface area contributed by atoms with Crippen molar-refractivity contribution in [3.8, 4) is 11.5 Å². The largest absolute Gasteiger partial charge is 0.490 e. The van der Waals surface area contributed by atoms with Gasteiger partial charge >= 0.3 is 0 Å². The van der Waals surface area contributed by atoms with Gasteiger partial charge in [-0.3, -0.25) is 25.0 Å². The minimum Gasteiger partial charge on any atom is -0.490 e. The molecule has 3 rings (SSSR count). The highest BCUT2D eigenvalue weighted by atomic mass is 16.6. The van der Waals surface area contributed by atoms with Gasteiger partial charge in [0.1, 0.15) is 12.2 Å². The topological polar surface area (TPSA) is 146 Å². The maximum absolute atomic E-state index is 12.3. The summed E-state index contributed by atoms with van der Waals surface area (Å²) in [5.74, 6) is 0.191. The number of carbonyl (C=O) groups excluding carboxylic acids is 1. The maximum Gasteiger partial charge on any atom is 0.282 e. The Balaban J connectivity index is 1.67. The molecule has 34 heavy (non-hydrogen) atoms. The number of nitrogens with one attached hydrogen (secondary N) is 1. The maximum atomic E-state index is 12.3. The van der Waals surface area contributed by atoms with Crippen LogP contribution in [0.15, 0.2) is 71.8 Å². The molecule has 0 aromatic heterocycles. The van der Waals surface area contributed by atoms with Gasteiger partial charge in [-0.25, -0.2) is 5.43 Å². The lowest BCUT2D eigenvalue weighted by Crippen LogP contribution is -2.18. The predicted molar refractivity (Wildman–Crippen MR) is 123 cm³/mol. The van der Waals surface area contributed by atoms with E-state index in [-0.39, 0.29) is 23.5 Å². The molecule has 11 nitrogen and oxygen atoms in total. The molecule has 1 N–H and O–H groups in total. The second kappa shape index (κ2) is 11.2. The van der Waals surface area contributed by atoms with Crippen molar-refractivity contribution in [3.05, 3.63) is 104 Å². The third-order valence-electron chi connectivity index (χ3n) is 4.53. The molecule has 0 bridgehead atoms. The number of nitro benzene ring substituents is 2. The van der Waals surface area contributed by atoms with Gasteiger partial charge in [0.05, 0.1) is 22.7 Å². The molecule has 0 fully saturated rings. The van der Waals surface area contributed by atoms with Crippen molar-refractivity contribution in [1.82, 2.24) is 5.43 Å². The summed E-state index contributed by atoms with van der Waals surface area (Å²) in [5.41, 5.74) is 3.19. The van der Waals surface area contributed by atoms with E-state index in [1.54, 1.807) is 30.3 Å². The zero-order chi connectivity index (χ0) is 24.5. The van der Waals surface area contributed by atoms with Crippen molar-refractivity contribution in [2.24, 2.45) is 5.10 Å². The summed E-state index contributed by atoms with van der Waals surface area (Å²) in [5, 5.41) is 25.7. The third kappa shape index (κ3) is 6.13. The monoisotopic (exact) mass is 464 g/mol. The van der Waals surface area contributed by atoms with Gasteiger partial charge in [0.15, 0.2) is 11.5 Å². The number of hydrogen-bond donors (Lipinski definition) is 1. The molecule has 0 aliphatic heterocycles. The molecule has 0 spiro atoms. The van der Waals surface area contributed by atoms with Crippen LogP contribution in [0.3, 0.4) is 0 Å². The molecule has 0 radical (unpaired) electrons. The lowest BCUT2D eigenvalue weighted by atomic mass is 10.2. The van der Waals surface area contributed by atoms with Crippen LogP contribution in [0.5, 0.6) is 11.5 Å². The SMILES string of the molecule is CCOc1cc(/C=N\NC(=O)c2ccccc2[N+](=O)[O-])ccc1OCc1ccc([N+](=O)[O-])cc1. The average Bonchev–Trinajstić information content (AvgIpc) is 2.84. The highest BCUT2D eigenvalue weighted by molar-refractivity contribution is 5.98. The van der Waals surface area contributed by atoms with Crippen LogP contribution in [-0.4, -0.2) is 28.6 Å². The molecule has 0 aliphatic carbocycles. The molecular weight excluding hydrogens is 444 g/mol. The fourth-order valence-corrected chi connectivity index (χ4v) is 2.92. The van der Waals surface area contributed by atoms with Crippen LogP contribution in [-0.2, 0) is 6.61 Å². The fourth-order valence-electron chi connectivity index (χ4n) is 2.92. The average molecular weight is 464 g/mol. The Hall–Kier alpha value is -4.80. The lowest BCUT2D eigenvalue weighted by molar-refractivity contribution is -0.385. The summed E-state index contributed by atoms with van der Waals surface area (Å²) < 4.78 is 11.4. The second-order valence-corrected chi connectivity index (χ2v) is 6.82. The highest BCUT2D eigenvalue weighted by Crippen LogP contribution is 2.29. The molecule has 174 valence electrons. The number of benzene rings is 3. The van der Waals surface area contributed by atoms with Crippen molar-refractivity contribution in [3.63, 3.8) is 0 Å². The number of nitrogens with zero attached hydrogens (tertiary/aromatic N) is 3. The number of nitro groups is 2. The summed E-state index contributed by atoms with van der Waals surface area (Å²) in [6, 6.07) is 16.6. The molecule has 0 saturated heterocycles. The van der Waals surface area contributed by atoms with E-state index < -0.39 is 15.8 Å². The fraction of sp³-hybridized carbons (Fsp3) is 0.130. The molecule has 0 aliphatic rings. The van der Waals surface area contributed by atoms with Crippen molar-refractivity contribution < 1.29 is 24.1 Å². The number of ether oxygens (including phenoxy) is 2. The number of amides is 1. The Morgan fingerprint density at radius 3 is 2.38 bits per heavy atom. The van der Waals surface area contributed by atoms with Gasteiger partial charge in [0.25, 0.3) is 17.3 Å². The standard InChI is InChI=1S/C23H20N4O7/c1-2-33-22-13-17(14-24-25-23(28)19-5-3-4-6-20(19)27(31)32)9-12-21(22)34-15-16-7-10-18(11-8-16)26(29)30/h3-14H,2,15H2,1H3,(H,25,28)/b24-14-. The first-order valence-corrected chi connectivity index (χ1v) is 10.1. The lowest BCUT2D eigenvalue weighted by Gasteiger charge is -2.12. The van der Waals surface area contributed by atoms with Gasteiger partial charge in [-0.2, -0.15) is 5.10 Å². The minimum absolute atomic E-state index is 0.00337. The molecular formula is C23H20N4O7. The van der Waals surface area contributed by atoms with Crippen LogP contribution in [0.25, 0.3) is 0 Å². The van der Waals surface area contributed by atoms with Crippen LogP contribution in [0.2, 0.25) is 0 Å². The van der Waals surface area contributed by atoms with E-state index in [0.717, 1.165) is 5.56 Å². The number of hydrazone groups is 1. The van der Waals surface area contributed by atoms with Crippen LogP contribution < -0.4 is 14.9 Å². The first-order chi connectivity index (χ1) is 16.4. The number of para-hydroxylation sites is 1. The van der Waals surface area contributed by atoms with E-state index in [4.69, 9.17) is 9.47 Å². The number of carbonyl (C=O) groups is 1. The zero-order valence-corrected chi connectivity index (χ0v) is 18.0. The van der Waals surface area contributed by atoms with E-state index in [2.05, 4.69) is 10.5 Å². The Bertz CT molecular complexity index is 1230. The molecule has 0 heterocycles. The number of hydrogen-bond acceptors (Lipinski definition) is 8. The summed E-state index contributed by atoms with van der Waals surface area (Å²) in [7, 11) is 0. The van der Waals surface area contributed by atoms with E-state index in [1.165, 1.54) is 42.6 Å². The minimum atomic E-state index is -0.711. The number of non-ortho nitro benzene ring substituents is 1. The zero-order valence-electron chi connectivity index (χ0n) is 18.0.